The number of benzene rings is 1. The fourth-order valence-electron chi connectivity index (χ4n) is 2.49. The number of amides is 1. The molecule has 1 amide bonds. The van der Waals surface area contributed by atoms with Crippen LogP contribution in [0, 0.1) is 6.92 Å². The number of hydrogen-bond acceptors (Lipinski definition) is 8. The minimum absolute atomic E-state index is 0.0680. The van der Waals surface area contributed by atoms with E-state index in [2.05, 4.69) is 25.8 Å². The van der Waals surface area contributed by atoms with E-state index >= 15 is 0 Å². The Balaban J connectivity index is 1.93. The summed E-state index contributed by atoms with van der Waals surface area (Å²) in [6.07, 6.45) is 0. The second-order valence-corrected chi connectivity index (χ2v) is 7.02. The normalized spacial score (nSPS) is 10.9. The predicted molar refractivity (Wildman–Crippen MR) is 99.4 cm³/mol. The molecule has 0 atom stereocenters. The number of thiazole rings is 1. The van der Waals surface area contributed by atoms with Crippen LogP contribution in [-0.2, 0) is 4.74 Å². The highest BCUT2D eigenvalue weighted by Crippen LogP contribution is 2.30. The smallest absolute Gasteiger partial charge is 0.357 e. The summed E-state index contributed by atoms with van der Waals surface area (Å²) in [6.45, 7) is 5.63. The third-order valence-corrected chi connectivity index (χ3v) is 5.05. The Kier molecular flexibility index (Phi) is 5.26. The standard InChI is InChI=1S/C17H18N6O3S/c1-9(2)14-13(16(25)26-4)18-17(27-14)19-15(24)11-7-5-6-8-12(11)23-10(3)20-21-22-23/h5-9H,1-4H3,(H,18,19,24). The average Bonchev–Trinajstić information content (AvgIpc) is 3.27. The number of hydrogen-bond donors (Lipinski definition) is 1. The van der Waals surface area contributed by atoms with Crippen molar-refractivity contribution in [3.8, 4) is 5.69 Å². The lowest BCUT2D eigenvalue weighted by molar-refractivity contribution is 0.0593. The van der Waals surface area contributed by atoms with Crippen molar-refractivity contribution in [1.82, 2.24) is 25.2 Å². The van der Waals surface area contributed by atoms with E-state index in [0.717, 1.165) is 4.88 Å². The number of carbonyl (C=O) groups excluding carboxylic acids is 2. The van der Waals surface area contributed by atoms with Crippen LogP contribution in [0.5, 0.6) is 0 Å². The highest BCUT2D eigenvalue weighted by Gasteiger charge is 2.23. The molecule has 2 aromatic heterocycles. The van der Waals surface area contributed by atoms with E-state index in [9.17, 15) is 9.59 Å². The quantitative estimate of drug-likeness (QED) is 0.671. The van der Waals surface area contributed by atoms with Crippen molar-refractivity contribution in [3.05, 3.63) is 46.2 Å². The maximum absolute atomic E-state index is 12.8. The Hall–Kier alpha value is -3.14. The van der Waals surface area contributed by atoms with Gasteiger partial charge in [0.05, 0.1) is 18.4 Å². The molecule has 0 saturated heterocycles. The molecular weight excluding hydrogens is 368 g/mol. The lowest BCUT2D eigenvalue weighted by Gasteiger charge is -2.08. The molecule has 3 aromatic rings. The molecule has 2 heterocycles. The first kappa shape index (κ1) is 18.6. The molecule has 3 rings (SSSR count). The minimum atomic E-state index is -0.528. The molecule has 0 aliphatic heterocycles. The zero-order valence-corrected chi connectivity index (χ0v) is 16.1. The fourth-order valence-corrected chi connectivity index (χ4v) is 3.44. The van der Waals surface area contributed by atoms with Gasteiger partial charge < -0.3 is 4.74 Å². The van der Waals surface area contributed by atoms with Crippen molar-refractivity contribution in [2.45, 2.75) is 26.7 Å². The molecule has 0 fully saturated rings. The first-order chi connectivity index (χ1) is 12.9. The summed E-state index contributed by atoms with van der Waals surface area (Å²) in [4.78, 5) is 29.8. The Morgan fingerprint density at radius 3 is 2.63 bits per heavy atom. The Morgan fingerprint density at radius 2 is 2.00 bits per heavy atom. The van der Waals surface area contributed by atoms with Gasteiger partial charge in [0, 0.05) is 4.88 Å². The van der Waals surface area contributed by atoms with Crippen LogP contribution in [0.2, 0.25) is 0 Å². The summed E-state index contributed by atoms with van der Waals surface area (Å²) >= 11 is 1.25. The predicted octanol–water partition coefficient (Wildman–Crippen LogP) is 2.59. The van der Waals surface area contributed by atoms with Gasteiger partial charge in [-0.1, -0.05) is 26.0 Å². The van der Waals surface area contributed by atoms with Crippen LogP contribution in [0.15, 0.2) is 24.3 Å². The number of aryl methyl sites for hydroxylation is 1. The molecule has 1 aromatic carbocycles. The van der Waals surface area contributed by atoms with Crippen LogP contribution in [-0.4, -0.2) is 44.2 Å². The molecule has 0 bridgehead atoms. The van der Waals surface area contributed by atoms with Crippen molar-refractivity contribution in [3.63, 3.8) is 0 Å². The number of para-hydroxylation sites is 1. The first-order valence-electron chi connectivity index (χ1n) is 8.17. The largest absolute Gasteiger partial charge is 0.464 e. The van der Waals surface area contributed by atoms with E-state index in [1.165, 1.54) is 23.1 Å². The average molecular weight is 386 g/mol. The van der Waals surface area contributed by atoms with E-state index < -0.39 is 5.97 Å². The highest BCUT2D eigenvalue weighted by molar-refractivity contribution is 7.16. The van der Waals surface area contributed by atoms with Gasteiger partial charge in [0.1, 0.15) is 0 Å². The molecule has 1 N–H and O–H groups in total. The Labute approximate surface area is 159 Å². The zero-order chi connectivity index (χ0) is 19.6. The van der Waals surface area contributed by atoms with Gasteiger partial charge in [0.15, 0.2) is 16.6 Å². The van der Waals surface area contributed by atoms with Crippen molar-refractivity contribution in [2.24, 2.45) is 0 Å². The van der Waals surface area contributed by atoms with Gasteiger partial charge in [0.2, 0.25) is 0 Å². The van der Waals surface area contributed by atoms with Gasteiger partial charge in [-0.2, -0.15) is 4.68 Å². The van der Waals surface area contributed by atoms with Gasteiger partial charge in [-0.15, -0.1) is 16.4 Å². The molecule has 140 valence electrons. The van der Waals surface area contributed by atoms with Crippen LogP contribution in [0.3, 0.4) is 0 Å². The number of nitrogens with zero attached hydrogens (tertiary/aromatic N) is 5. The van der Waals surface area contributed by atoms with Crippen LogP contribution >= 0.6 is 11.3 Å². The second kappa shape index (κ2) is 7.62. The summed E-state index contributed by atoms with van der Waals surface area (Å²) < 4.78 is 6.26. The molecular formula is C17H18N6O3S. The number of rotatable bonds is 5. The van der Waals surface area contributed by atoms with E-state index in [4.69, 9.17) is 4.74 Å². The number of nitrogens with one attached hydrogen (secondary N) is 1. The highest BCUT2D eigenvalue weighted by atomic mass is 32.1. The Morgan fingerprint density at radius 1 is 1.26 bits per heavy atom. The van der Waals surface area contributed by atoms with Crippen LogP contribution in [0.1, 0.15) is 51.3 Å². The number of ether oxygens (including phenoxy) is 1. The van der Waals surface area contributed by atoms with Crippen LogP contribution < -0.4 is 5.32 Å². The molecule has 10 heteroatoms. The summed E-state index contributed by atoms with van der Waals surface area (Å²) in [7, 11) is 1.30. The number of methoxy groups -OCH3 is 1. The van der Waals surface area contributed by atoms with Crippen molar-refractivity contribution >= 4 is 28.3 Å². The van der Waals surface area contributed by atoms with Crippen molar-refractivity contribution in [1.29, 1.82) is 0 Å². The molecule has 0 spiro atoms. The lowest BCUT2D eigenvalue weighted by Crippen LogP contribution is -2.16. The van der Waals surface area contributed by atoms with Gasteiger partial charge in [-0.25, -0.2) is 9.78 Å². The number of anilines is 1. The van der Waals surface area contributed by atoms with Gasteiger partial charge in [0.25, 0.3) is 5.91 Å². The molecule has 0 saturated carbocycles. The van der Waals surface area contributed by atoms with E-state index in [-0.39, 0.29) is 17.5 Å². The summed E-state index contributed by atoms with van der Waals surface area (Å²) in [5.74, 6) is -0.279. The second-order valence-electron chi connectivity index (χ2n) is 5.99. The summed E-state index contributed by atoms with van der Waals surface area (Å²) in [5, 5.41) is 14.5. The molecule has 27 heavy (non-hydrogen) atoms. The van der Waals surface area contributed by atoms with Gasteiger partial charge in [-0.05, 0) is 35.4 Å². The maximum Gasteiger partial charge on any atom is 0.357 e. The molecule has 0 aliphatic rings. The van der Waals surface area contributed by atoms with Crippen molar-refractivity contribution in [2.75, 3.05) is 12.4 Å². The SMILES string of the molecule is COC(=O)c1nc(NC(=O)c2ccccc2-n2nnnc2C)sc1C(C)C. The Bertz CT molecular complexity index is 994. The zero-order valence-electron chi connectivity index (χ0n) is 15.3. The number of tetrazole rings is 1. The number of esters is 1. The lowest BCUT2D eigenvalue weighted by atomic mass is 10.1. The van der Waals surface area contributed by atoms with E-state index in [1.807, 2.05) is 13.8 Å². The third-order valence-electron chi connectivity index (χ3n) is 3.78. The first-order valence-corrected chi connectivity index (χ1v) is 8.98. The molecule has 9 nitrogen and oxygen atoms in total. The van der Waals surface area contributed by atoms with E-state index in [1.54, 1.807) is 31.2 Å². The van der Waals surface area contributed by atoms with Gasteiger partial charge in [-0.3, -0.25) is 10.1 Å². The molecule has 0 radical (unpaired) electrons. The molecule has 0 unspecified atom stereocenters. The van der Waals surface area contributed by atoms with Crippen molar-refractivity contribution < 1.29 is 14.3 Å². The fraction of sp³-hybridized carbons (Fsp3) is 0.294. The van der Waals surface area contributed by atoms with Crippen LogP contribution in [0.25, 0.3) is 5.69 Å². The monoisotopic (exact) mass is 386 g/mol. The molecule has 0 aliphatic carbocycles. The van der Waals surface area contributed by atoms with Crippen LogP contribution in [0.4, 0.5) is 5.13 Å². The van der Waals surface area contributed by atoms with Gasteiger partial charge >= 0.3 is 5.97 Å². The minimum Gasteiger partial charge on any atom is -0.464 e. The number of carbonyl (C=O) groups is 2. The van der Waals surface area contributed by atoms with E-state index in [0.29, 0.717) is 22.2 Å². The summed E-state index contributed by atoms with van der Waals surface area (Å²) in [6, 6.07) is 6.96. The third kappa shape index (κ3) is 3.70. The topological polar surface area (TPSA) is 112 Å². The summed E-state index contributed by atoms with van der Waals surface area (Å²) in [5.41, 5.74) is 1.15. The maximum atomic E-state index is 12.8. The number of aromatic nitrogens is 5.